The number of ketones is 4. The fourth-order valence-corrected chi connectivity index (χ4v) is 18.4. The van der Waals surface area contributed by atoms with Crippen molar-refractivity contribution in [1.82, 2.24) is 0 Å². The lowest BCUT2D eigenvalue weighted by atomic mass is 9.78. The molecule has 0 radical (unpaired) electrons. The molecule has 0 bridgehead atoms. The Morgan fingerprint density at radius 1 is 0.323 bits per heavy atom. The molecule has 0 saturated carbocycles. The monoisotopic (exact) mass is 1800 g/mol. The van der Waals surface area contributed by atoms with Crippen LogP contribution < -0.4 is 31.2 Å². The number of aliphatic hydroxyl groups is 4. The van der Waals surface area contributed by atoms with Gasteiger partial charge in [-0.2, -0.15) is 0 Å². The standard InChI is InChI=1S/C56H73NO17.C43H48O13/c1-34-29-41-40(12-6-9-38(60)10-7-15-69-21-23-73-27-25-71-19-17-66-3)54(64)48-42(62)30-36(32-58)45-46-37(33-59)31-43(63)49-51(46)52(47(41)50(45)48)53(56(68-5)55(49)65)44(34)35(2)57-14-13-39(61)11-8-16-70-22-24-74-28-26-72-20-18-67-4;1-22-17-28-27(9-5-7-26(47)8-6-10-54-13-14-56-16-15-55-12-11-52-3)41(50)35-29(48)18-24(20-44)32-33-25(21-45)19-30(49)36-38(33)39(34(28)37(32)35)40(31(22)23(2)46)43(53-4)42(36)51/h29-31,44,58-59,64-65H,6-28,32-33H2,1-5H3;17-19,31,44-45,50-51H,5-16,20-21H2,1-4H3. The zero-order valence-corrected chi connectivity index (χ0v) is 75.7. The summed E-state index contributed by atoms with van der Waals surface area (Å²) in [5, 5.41) is 95.2. The number of methoxy groups -OCH3 is 5. The number of carbonyl (C=O) groups is 4. The first-order valence-electron chi connectivity index (χ1n) is 44.3. The second kappa shape index (κ2) is 48.4. The van der Waals surface area contributed by atoms with Crippen molar-refractivity contribution in [1.29, 1.82) is 0 Å². The molecule has 10 aromatic carbocycles. The highest BCUT2D eigenvalue weighted by Crippen LogP contribution is 2.59. The molecule has 0 saturated heterocycles. The van der Waals surface area contributed by atoms with E-state index in [0.29, 0.717) is 288 Å². The number of carbonyl (C=O) groups excluding carboxylic acids is 4. The molecule has 31 nitrogen and oxygen atoms in total. The van der Waals surface area contributed by atoms with Crippen LogP contribution in [-0.2, 0) is 115 Å². The Bertz CT molecular complexity index is 6020. The van der Waals surface area contributed by atoms with Crippen molar-refractivity contribution in [2.45, 2.75) is 149 Å². The number of phenolic OH excluding ortho intramolecular Hbond substituents is 4. The molecule has 0 aromatic heterocycles. The topological polar surface area (TPSA) is 440 Å². The number of allylic oxidation sites excluding steroid dienone is 2. The lowest BCUT2D eigenvalue weighted by Crippen LogP contribution is -2.15. The van der Waals surface area contributed by atoms with E-state index in [1.165, 1.54) is 45.4 Å². The van der Waals surface area contributed by atoms with Crippen LogP contribution in [0.1, 0.15) is 166 Å². The molecule has 8 N–H and O–H groups in total. The van der Waals surface area contributed by atoms with Crippen molar-refractivity contribution in [2.24, 2.45) is 4.99 Å². The van der Waals surface area contributed by atoms with Crippen LogP contribution in [0.5, 0.6) is 34.5 Å². The van der Waals surface area contributed by atoms with E-state index in [2.05, 4.69) is 0 Å². The van der Waals surface area contributed by atoms with Crippen molar-refractivity contribution in [3.63, 3.8) is 0 Å². The smallest absolute Gasteiger partial charge is 0.190 e. The molecule has 0 spiro atoms. The predicted octanol–water partition coefficient (Wildman–Crippen LogP) is 10.8. The van der Waals surface area contributed by atoms with Gasteiger partial charge in [-0.05, 0) is 173 Å². The van der Waals surface area contributed by atoms with Gasteiger partial charge in [0.1, 0.15) is 34.6 Å². The third kappa shape index (κ3) is 22.2. The Morgan fingerprint density at radius 3 is 0.892 bits per heavy atom. The van der Waals surface area contributed by atoms with E-state index in [1.54, 1.807) is 34.3 Å². The fraction of sp³-hybridized carbons (Fsp3) is 0.505. The first-order chi connectivity index (χ1) is 63.0. The number of nitrogens with zero attached hydrogens (tertiary/aromatic N) is 1. The molecule has 2 atom stereocenters. The maximum absolute atomic E-state index is 14.3. The predicted molar refractivity (Wildman–Crippen MR) is 494 cm³/mol. The molecule has 130 heavy (non-hydrogen) atoms. The van der Waals surface area contributed by atoms with E-state index in [1.807, 2.05) is 19.9 Å². The summed E-state index contributed by atoms with van der Waals surface area (Å²) in [6.07, 6.45) is 7.70. The molecular weight excluding hydrogens is 1680 g/mol. The minimum Gasteiger partial charge on any atom is -0.507 e. The number of rotatable bonds is 58. The number of aliphatic imine (C=N–C) groups is 1. The quantitative estimate of drug-likeness (QED) is 0.00759. The number of phenols is 4. The molecule has 31 heteroatoms. The maximum Gasteiger partial charge on any atom is 0.190 e. The number of aliphatic hydroxyl groups excluding tert-OH is 4. The van der Waals surface area contributed by atoms with E-state index >= 15 is 0 Å². The second-order valence-electron chi connectivity index (χ2n) is 32.5. The van der Waals surface area contributed by atoms with Crippen molar-refractivity contribution in [3.05, 3.63) is 132 Å². The van der Waals surface area contributed by atoms with Crippen LogP contribution in [0.3, 0.4) is 0 Å². The first kappa shape index (κ1) is 101. The van der Waals surface area contributed by atoms with Gasteiger partial charge in [-0.15, -0.1) is 0 Å². The number of ether oxygens (including phenoxy) is 14. The van der Waals surface area contributed by atoms with Gasteiger partial charge >= 0.3 is 0 Å². The summed E-state index contributed by atoms with van der Waals surface area (Å²) in [5.41, 5.74) is 2.86. The van der Waals surface area contributed by atoms with Gasteiger partial charge in [-0.1, -0.05) is 23.3 Å². The molecule has 2 aliphatic carbocycles. The van der Waals surface area contributed by atoms with Crippen LogP contribution in [0.15, 0.2) is 59.6 Å². The van der Waals surface area contributed by atoms with Gasteiger partial charge in [0.15, 0.2) is 44.7 Å². The summed E-state index contributed by atoms with van der Waals surface area (Å²) >= 11 is 0. The molecular formula is C99H121NO30. The highest BCUT2D eigenvalue weighted by atomic mass is 16.6. The summed E-state index contributed by atoms with van der Waals surface area (Å²) in [5.74, 6) is -3.48. The van der Waals surface area contributed by atoms with Gasteiger partial charge in [0.05, 0.1) is 187 Å². The zero-order chi connectivity index (χ0) is 93.4. The average Bonchev–Trinajstić information content (AvgIpc) is 1.31. The summed E-state index contributed by atoms with van der Waals surface area (Å²) in [6.45, 7) is 14.0. The Hall–Kier alpha value is -10.0. The average molecular weight is 1810 g/mol. The number of aromatic hydroxyl groups is 4. The summed E-state index contributed by atoms with van der Waals surface area (Å²) in [6, 6.07) is 4.91. The van der Waals surface area contributed by atoms with Crippen LogP contribution in [0.4, 0.5) is 0 Å². The van der Waals surface area contributed by atoms with Crippen LogP contribution in [0.25, 0.3) is 98.3 Å². The highest BCUT2D eigenvalue weighted by Gasteiger charge is 2.40. The maximum atomic E-state index is 14.3. The van der Waals surface area contributed by atoms with Gasteiger partial charge in [0.2, 0.25) is 0 Å². The molecule has 10 aromatic rings. The lowest BCUT2D eigenvalue weighted by Gasteiger charge is -2.26. The molecule has 702 valence electrons. The van der Waals surface area contributed by atoms with E-state index < -0.39 is 71.5 Å². The third-order valence-electron chi connectivity index (χ3n) is 24.1. The fourth-order valence-electron chi connectivity index (χ4n) is 18.4. The van der Waals surface area contributed by atoms with Gasteiger partial charge in [-0.25, -0.2) is 0 Å². The van der Waals surface area contributed by atoms with Crippen LogP contribution in [0.2, 0.25) is 0 Å². The number of fused-ring (bicyclic) bond motifs is 2. The van der Waals surface area contributed by atoms with E-state index in [9.17, 15) is 79.2 Å². The molecule has 0 heterocycles. The largest absolute Gasteiger partial charge is 0.507 e. The highest BCUT2D eigenvalue weighted by molar-refractivity contribution is 6.40. The first-order valence-corrected chi connectivity index (χ1v) is 44.3. The van der Waals surface area contributed by atoms with Crippen molar-refractivity contribution in [3.8, 4) is 34.5 Å². The molecule has 12 rings (SSSR count). The minimum absolute atomic E-state index is 0.00152. The molecule has 2 unspecified atom stereocenters. The van der Waals surface area contributed by atoms with Crippen LogP contribution >= 0.6 is 0 Å². The number of hydrogen-bond donors (Lipinski definition) is 8. The molecule has 2 aliphatic rings. The van der Waals surface area contributed by atoms with E-state index in [-0.39, 0.29) is 146 Å². The lowest BCUT2D eigenvalue weighted by molar-refractivity contribution is -0.120. The van der Waals surface area contributed by atoms with Crippen molar-refractivity contribution >= 4 is 127 Å². The Balaban J connectivity index is 0.000000261. The van der Waals surface area contributed by atoms with Crippen molar-refractivity contribution in [2.75, 3.05) is 181 Å². The summed E-state index contributed by atoms with van der Waals surface area (Å²) < 4.78 is 76.1. The van der Waals surface area contributed by atoms with E-state index in [4.69, 9.17) is 71.3 Å². The Morgan fingerprint density at radius 2 is 0.592 bits per heavy atom. The number of benzene rings is 10. The normalized spacial score (nSPS) is 14.0. The SMILES string of the molecule is COCCOCCOCCOCCCC(=O)CCCc1c(O)c2c(=O)cc(CO)c3c4c(CO)cc(=O)c5c(O)c(OC)c6c(c(c1C=C(C)C6C(C)=NCCC(=O)CCCOCCOCCOCCOC)c23)c54.COCCOCCOCCOCCCC(=O)CCCc1c(O)c2c(=O)cc(CO)c3c4c(CO)cc(=O)c5c(O)c(OC)c6c(c(c1C=C(C)C6C(C)=O)c23)c54. The van der Waals surface area contributed by atoms with Gasteiger partial charge in [0, 0.05) is 142 Å². The van der Waals surface area contributed by atoms with Gasteiger partial charge in [0.25, 0.3) is 0 Å². The zero-order valence-electron chi connectivity index (χ0n) is 75.7. The Labute approximate surface area is 751 Å². The van der Waals surface area contributed by atoms with E-state index in [0.717, 1.165) is 0 Å². The third-order valence-corrected chi connectivity index (χ3v) is 24.1. The molecule has 0 aliphatic heterocycles. The Kier molecular flexibility index (Phi) is 37.4. The van der Waals surface area contributed by atoms with Crippen molar-refractivity contribution < 1.29 is 126 Å². The van der Waals surface area contributed by atoms with Crippen LogP contribution in [-0.4, -0.2) is 251 Å². The summed E-state index contributed by atoms with van der Waals surface area (Å²) in [4.78, 5) is 114. The number of Topliss-reactive ketones (excluding diaryl/α,β-unsaturated/α-hetero) is 4. The minimum atomic E-state index is -0.960. The summed E-state index contributed by atoms with van der Waals surface area (Å²) in [7, 11) is 7.55. The number of hydrogen-bond acceptors (Lipinski definition) is 31. The van der Waals surface area contributed by atoms with Gasteiger partial charge < -0.3 is 107 Å². The molecule has 0 fully saturated rings. The van der Waals surface area contributed by atoms with Gasteiger partial charge in [-0.3, -0.25) is 43.3 Å². The second-order valence-corrected chi connectivity index (χ2v) is 32.5. The molecule has 0 amide bonds. The van der Waals surface area contributed by atoms with Crippen LogP contribution in [0, 0.1) is 0 Å².